The molecule has 0 fully saturated rings. The fourth-order valence-corrected chi connectivity index (χ4v) is 3.33. The molecule has 0 atom stereocenters. The minimum atomic E-state index is 0.893. The highest BCUT2D eigenvalue weighted by Gasteiger charge is 2.14. The van der Waals surface area contributed by atoms with Crippen LogP contribution in [-0.2, 0) is 12.8 Å². The van der Waals surface area contributed by atoms with Crippen LogP contribution in [0.15, 0.2) is 33.7 Å². The number of thiazole rings is 1. The molecule has 0 amide bonds. The monoisotopic (exact) mass is 320 g/mol. The van der Waals surface area contributed by atoms with Crippen molar-refractivity contribution in [2.45, 2.75) is 25.7 Å². The maximum atomic E-state index is 4.59. The third-order valence-electron chi connectivity index (χ3n) is 3.03. The first kappa shape index (κ1) is 12.1. The van der Waals surface area contributed by atoms with Crippen LogP contribution in [0.1, 0.15) is 29.0 Å². The third kappa shape index (κ3) is 2.70. The number of rotatable bonds is 2. The van der Waals surface area contributed by atoms with Crippen LogP contribution in [0.4, 0.5) is 5.13 Å². The minimum Gasteiger partial charge on any atom is -0.227 e. The molecule has 0 N–H and O–H groups in total. The Hall–Kier alpha value is -1.00. The lowest BCUT2D eigenvalue weighted by Gasteiger charge is -2.06. The second-order valence-electron chi connectivity index (χ2n) is 4.38. The normalized spacial score (nSPS) is 14.9. The Labute approximate surface area is 119 Å². The Morgan fingerprint density at radius 2 is 1.94 bits per heavy atom. The number of fused-ring (bicyclic) bond motifs is 1. The molecule has 92 valence electrons. The Morgan fingerprint density at radius 1 is 1.17 bits per heavy atom. The van der Waals surface area contributed by atoms with Gasteiger partial charge in [-0.2, -0.15) is 0 Å². The van der Waals surface area contributed by atoms with Crippen molar-refractivity contribution in [2.24, 2.45) is 4.99 Å². The number of aromatic nitrogens is 1. The molecule has 1 aliphatic carbocycles. The Balaban J connectivity index is 1.79. The molecule has 0 unspecified atom stereocenters. The molecule has 2 aromatic rings. The van der Waals surface area contributed by atoms with Crippen molar-refractivity contribution < 1.29 is 0 Å². The number of halogens is 1. The highest BCUT2D eigenvalue weighted by molar-refractivity contribution is 9.10. The Bertz CT molecular complexity index is 548. The number of nitrogens with zero attached hydrogens (tertiary/aromatic N) is 2. The van der Waals surface area contributed by atoms with Crippen molar-refractivity contribution in [1.82, 2.24) is 4.98 Å². The summed E-state index contributed by atoms with van der Waals surface area (Å²) in [6.45, 7) is 0. The Kier molecular flexibility index (Phi) is 3.57. The molecule has 4 heteroatoms. The van der Waals surface area contributed by atoms with Gasteiger partial charge >= 0.3 is 0 Å². The van der Waals surface area contributed by atoms with E-state index < -0.39 is 0 Å². The number of hydrogen-bond donors (Lipinski definition) is 0. The molecule has 0 saturated heterocycles. The number of aryl methyl sites for hydroxylation is 2. The maximum Gasteiger partial charge on any atom is 0.209 e. The van der Waals surface area contributed by atoms with Gasteiger partial charge in [-0.25, -0.2) is 9.98 Å². The fourth-order valence-electron chi connectivity index (χ4n) is 2.07. The van der Waals surface area contributed by atoms with E-state index in [-0.39, 0.29) is 0 Å². The first-order chi connectivity index (χ1) is 8.81. The summed E-state index contributed by atoms with van der Waals surface area (Å²) in [6.07, 6.45) is 6.76. The molecule has 1 aromatic heterocycles. The van der Waals surface area contributed by atoms with Gasteiger partial charge in [0.25, 0.3) is 0 Å². The van der Waals surface area contributed by atoms with Gasteiger partial charge in [-0.3, -0.25) is 0 Å². The molecule has 0 aliphatic heterocycles. The molecule has 0 radical (unpaired) electrons. The predicted molar refractivity (Wildman–Crippen MR) is 80.2 cm³/mol. The number of aliphatic imine (C=N–C) groups is 1. The summed E-state index contributed by atoms with van der Waals surface area (Å²) >= 11 is 5.16. The first-order valence-corrected chi connectivity index (χ1v) is 7.70. The average molecular weight is 321 g/mol. The van der Waals surface area contributed by atoms with Crippen LogP contribution in [0.25, 0.3) is 0 Å². The van der Waals surface area contributed by atoms with E-state index in [9.17, 15) is 0 Å². The van der Waals surface area contributed by atoms with Gasteiger partial charge in [0.2, 0.25) is 5.13 Å². The van der Waals surface area contributed by atoms with Crippen molar-refractivity contribution in [3.05, 3.63) is 44.9 Å². The second kappa shape index (κ2) is 5.33. The maximum absolute atomic E-state index is 4.59. The molecule has 0 spiro atoms. The SMILES string of the molecule is Brc1ccc(C=Nc2nc3c(s2)CCCC3)cc1. The smallest absolute Gasteiger partial charge is 0.209 e. The van der Waals surface area contributed by atoms with Crippen LogP contribution in [0.3, 0.4) is 0 Å². The average Bonchev–Trinajstić information content (AvgIpc) is 2.81. The highest BCUT2D eigenvalue weighted by atomic mass is 79.9. The lowest BCUT2D eigenvalue weighted by molar-refractivity contribution is 0.682. The number of benzene rings is 1. The molecule has 3 rings (SSSR count). The molecule has 1 heterocycles. The third-order valence-corrected chi connectivity index (χ3v) is 4.62. The van der Waals surface area contributed by atoms with Crippen LogP contribution in [0.5, 0.6) is 0 Å². The second-order valence-corrected chi connectivity index (χ2v) is 6.36. The molecule has 0 bridgehead atoms. The zero-order chi connectivity index (χ0) is 12.4. The molecule has 1 aliphatic rings. The zero-order valence-corrected chi connectivity index (χ0v) is 12.3. The van der Waals surface area contributed by atoms with Gasteiger partial charge in [-0.05, 0) is 43.4 Å². The standard InChI is InChI=1S/C14H13BrN2S/c15-11-7-5-10(6-8-11)9-16-14-17-12-3-1-2-4-13(12)18-14/h5-9H,1-4H2. The highest BCUT2D eigenvalue weighted by Crippen LogP contribution is 2.31. The van der Waals surface area contributed by atoms with E-state index in [1.54, 1.807) is 11.3 Å². The van der Waals surface area contributed by atoms with Gasteiger partial charge in [0.05, 0.1) is 5.69 Å². The van der Waals surface area contributed by atoms with E-state index in [1.165, 1.54) is 29.8 Å². The first-order valence-electron chi connectivity index (χ1n) is 6.09. The van der Waals surface area contributed by atoms with Gasteiger partial charge in [0.1, 0.15) is 0 Å². The van der Waals surface area contributed by atoms with E-state index in [0.717, 1.165) is 21.6 Å². The van der Waals surface area contributed by atoms with Crippen molar-refractivity contribution in [1.29, 1.82) is 0 Å². The Morgan fingerprint density at radius 3 is 2.72 bits per heavy atom. The van der Waals surface area contributed by atoms with E-state index in [0.29, 0.717) is 0 Å². The van der Waals surface area contributed by atoms with Gasteiger partial charge in [0, 0.05) is 15.6 Å². The molecule has 1 aromatic carbocycles. The summed E-state index contributed by atoms with van der Waals surface area (Å²) in [4.78, 5) is 10.5. The fraction of sp³-hybridized carbons (Fsp3) is 0.286. The molecule has 2 nitrogen and oxygen atoms in total. The largest absolute Gasteiger partial charge is 0.227 e. The topological polar surface area (TPSA) is 25.2 Å². The van der Waals surface area contributed by atoms with Gasteiger partial charge in [-0.1, -0.05) is 39.4 Å². The zero-order valence-electron chi connectivity index (χ0n) is 9.90. The lowest BCUT2D eigenvalue weighted by atomic mass is 10.0. The van der Waals surface area contributed by atoms with Crippen LogP contribution in [0.2, 0.25) is 0 Å². The van der Waals surface area contributed by atoms with E-state index in [4.69, 9.17) is 0 Å². The van der Waals surface area contributed by atoms with Crippen LogP contribution in [-0.4, -0.2) is 11.2 Å². The van der Waals surface area contributed by atoms with Crippen LogP contribution < -0.4 is 0 Å². The van der Waals surface area contributed by atoms with Crippen LogP contribution in [0, 0.1) is 0 Å². The van der Waals surface area contributed by atoms with E-state index >= 15 is 0 Å². The summed E-state index contributed by atoms with van der Waals surface area (Å²) in [5.74, 6) is 0. The molecular formula is C14H13BrN2S. The summed E-state index contributed by atoms with van der Waals surface area (Å²) in [5.41, 5.74) is 2.38. The summed E-state index contributed by atoms with van der Waals surface area (Å²) in [5, 5.41) is 0.893. The molecule has 18 heavy (non-hydrogen) atoms. The van der Waals surface area contributed by atoms with Crippen molar-refractivity contribution >= 4 is 38.6 Å². The predicted octanol–water partition coefficient (Wildman–Crippen LogP) is 4.54. The molecule has 0 saturated carbocycles. The van der Waals surface area contributed by atoms with Crippen LogP contribution >= 0.6 is 27.3 Å². The van der Waals surface area contributed by atoms with Gasteiger partial charge in [0.15, 0.2) is 0 Å². The van der Waals surface area contributed by atoms with Crippen molar-refractivity contribution in [3.63, 3.8) is 0 Å². The summed E-state index contributed by atoms with van der Waals surface area (Å²) in [6, 6.07) is 8.13. The number of hydrogen-bond acceptors (Lipinski definition) is 3. The molecular weight excluding hydrogens is 308 g/mol. The summed E-state index contributed by atoms with van der Waals surface area (Å²) < 4.78 is 1.09. The van der Waals surface area contributed by atoms with Gasteiger partial charge in [-0.15, -0.1) is 0 Å². The van der Waals surface area contributed by atoms with Crippen molar-refractivity contribution in [3.8, 4) is 0 Å². The van der Waals surface area contributed by atoms with Gasteiger partial charge < -0.3 is 0 Å². The summed E-state index contributed by atoms with van der Waals surface area (Å²) in [7, 11) is 0. The minimum absolute atomic E-state index is 0.893. The quantitative estimate of drug-likeness (QED) is 0.746. The van der Waals surface area contributed by atoms with E-state index in [2.05, 4.69) is 25.9 Å². The van der Waals surface area contributed by atoms with E-state index in [1.807, 2.05) is 30.5 Å². The van der Waals surface area contributed by atoms with Crippen molar-refractivity contribution in [2.75, 3.05) is 0 Å². The lowest BCUT2D eigenvalue weighted by Crippen LogP contribution is -1.98.